The summed E-state index contributed by atoms with van der Waals surface area (Å²) in [7, 11) is 0. The molecule has 1 aromatic rings. The normalized spacial score (nSPS) is 23.9. The van der Waals surface area contributed by atoms with Gasteiger partial charge >= 0.3 is 5.97 Å². The molecule has 5 nitrogen and oxygen atoms in total. The molecule has 23 heavy (non-hydrogen) atoms. The number of rotatable bonds is 4. The highest BCUT2D eigenvalue weighted by atomic mass is 35.5. The van der Waals surface area contributed by atoms with Crippen molar-refractivity contribution in [2.24, 2.45) is 4.99 Å². The summed E-state index contributed by atoms with van der Waals surface area (Å²) in [6.45, 7) is 0. The Hall–Kier alpha value is -1.53. The number of halogens is 1. The van der Waals surface area contributed by atoms with Crippen molar-refractivity contribution in [1.29, 1.82) is 0 Å². The fourth-order valence-corrected chi connectivity index (χ4v) is 4.19. The van der Waals surface area contributed by atoms with Crippen LogP contribution in [-0.2, 0) is 9.59 Å². The maximum Gasteiger partial charge on any atom is 0.305 e. The van der Waals surface area contributed by atoms with Crippen LogP contribution in [0.5, 0.6) is 0 Å². The quantitative estimate of drug-likeness (QED) is 0.899. The number of aliphatic carboxylic acids is 1. The average Bonchev–Trinajstić information content (AvgIpc) is 3.10. The van der Waals surface area contributed by atoms with Crippen molar-refractivity contribution in [2.75, 3.05) is 4.90 Å². The minimum Gasteiger partial charge on any atom is -0.481 e. The van der Waals surface area contributed by atoms with Gasteiger partial charge in [-0.05, 0) is 37.1 Å². The van der Waals surface area contributed by atoms with Gasteiger partial charge in [-0.1, -0.05) is 36.2 Å². The van der Waals surface area contributed by atoms with Crippen molar-refractivity contribution >= 4 is 46.1 Å². The van der Waals surface area contributed by atoms with Gasteiger partial charge in [0.25, 0.3) is 0 Å². The van der Waals surface area contributed by atoms with Gasteiger partial charge in [0.1, 0.15) is 5.25 Å². The van der Waals surface area contributed by atoms with Crippen LogP contribution in [0.2, 0.25) is 5.02 Å². The number of carbonyl (C=O) groups excluding carboxylic acids is 1. The van der Waals surface area contributed by atoms with Crippen LogP contribution < -0.4 is 4.90 Å². The van der Waals surface area contributed by atoms with Crippen molar-refractivity contribution in [3.05, 3.63) is 29.3 Å². The fraction of sp³-hybridized carbons (Fsp3) is 0.438. The highest BCUT2D eigenvalue weighted by Crippen LogP contribution is 2.35. The van der Waals surface area contributed by atoms with Gasteiger partial charge < -0.3 is 5.11 Å². The Morgan fingerprint density at radius 2 is 1.96 bits per heavy atom. The van der Waals surface area contributed by atoms with Crippen LogP contribution in [0.15, 0.2) is 29.3 Å². The van der Waals surface area contributed by atoms with Crippen molar-refractivity contribution in [3.63, 3.8) is 0 Å². The van der Waals surface area contributed by atoms with E-state index in [1.165, 1.54) is 16.7 Å². The molecular weight excluding hydrogens is 336 g/mol. The number of amidine groups is 1. The number of hydrogen-bond acceptors (Lipinski definition) is 4. The number of hydrogen-bond donors (Lipinski definition) is 1. The number of nitrogens with zero attached hydrogens (tertiary/aromatic N) is 2. The number of benzene rings is 1. The third kappa shape index (κ3) is 3.70. The van der Waals surface area contributed by atoms with Gasteiger partial charge in [0.2, 0.25) is 5.91 Å². The first-order valence-corrected chi connectivity index (χ1v) is 8.86. The summed E-state index contributed by atoms with van der Waals surface area (Å²) >= 11 is 7.16. The Bertz CT molecular complexity index is 641. The second-order valence-corrected chi connectivity index (χ2v) is 7.31. The largest absolute Gasteiger partial charge is 0.481 e. The third-order valence-electron chi connectivity index (χ3n) is 4.00. The summed E-state index contributed by atoms with van der Waals surface area (Å²) < 4.78 is 0. The first-order chi connectivity index (χ1) is 11.0. The van der Waals surface area contributed by atoms with Gasteiger partial charge in [0.05, 0.1) is 18.2 Å². The Morgan fingerprint density at radius 3 is 2.57 bits per heavy atom. The highest BCUT2D eigenvalue weighted by molar-refractivity contribution is 8.16. The van der Waals surface area contributed by atoms with E-state index in [0.29, 0.717) is 15.9 Å². The van der Waals surface area contributed by atoms with Gasteiger partial charge in [0.15, 0.2) is 5.17 Å². The maximum atomic E-state index is 12.6. The number of aliphatic imine (C=N–C) groups is 1. The number of carbonyl (C=O) groups is 2. The topological polar surface area (TPSA) is 70.0 Å². The molecule has 7 heteroatoms. The van der Waals surface area contributed by atoms with E-state index in [-0.39, 0.29) is 18.4 Å². The van der Waals surface area contributed by atoms with Crippen molar-refractivity contribution in [1.82, 2.24) is 0 Å². The molecule has 0 aromatic heterocycles. The minimum absolute atomic E-state index is 0.197. The summed E-state index contributed by atoms with van der Waals surface area (Å²) in [5.74, 6) is -1.20. The maximum absolute atomic E-state index is 12.6. The number of anilines is 1. The van der Waals surface area contributed by atoms with Crippen LogP contribution in [-0.4, -0.2) is 33.4 Å². The molecule has 0 spiro atoms. The molecule has 1 aliphatic carbocycles. The summed E-state index contributed by atoms with van der Waals surface area (Å²) in [5.41, 5.74) is 0.677. The third-order valence-corrected chi connectivity index (χ3v) is 5.40. The molecule has 1 heterocycles. The first-order valence-electron chi connectivity index (χ1n) is 7.60. The van der Waals surface area contributed by atoms with E-state index < -0.39 is 11.2 Å². The van der Waals surface area contributed by atoms with E-state index in [2.05, 4.69) is 0 Å². The molecule has 122 valence electrons. The van der Waals surface area contributed by atoms with Crippen LogP contribution >= 0.6 is 23.4 Å². The molecule has 3 rings (SSSR count). The molecule has 2 aliphatic rings. The Kier molecular flexibility index (Phi) is 4.92. The zero-order valence-electron chi connectivity index (χ0n) is 12.4. The molecule has 1 unspecified atom stereocenters. The van der Waals surface area contributed by atoms with E-state index in [9.17, 15) is 9.59 Å². The van der Waals surface area contributed by atoms with Crippen molar-refractivity contribution < 1.29 is 14.7 Å². The second-order valence-electron chi connectivity index (χ2n) is 5.70. The standard InChI is InChI=1S/C16H17ClN2O3S/c17-10-5-7-12(8-6-10)19-15(22)13(9-14(20)21)23-16(19)18-11-3-1-2-4-11/h5-8,11,13H,1-4,9H2,(H,20,21). The Balaban J connectivity index is 1.91. The minimum atomic E-state index is -0.978. The SMILES string of the molecule is O=C(O)CC1SC(=NC2CCCC2)N(c2ccc(Cl)cc2)C1=O. The smallest absolute Gasteiger partial charge is 0.305 e. The summed E-state index contributed by atoms with van der Waals surface area (Å²) in [4.78, 5) is 29.9. The Morgan fingerprint density at radius 1 is 1.30 bits per heavy atom. The van der Waals surface area contributed by atoms with Crippen LogP contribution in [0.1, 0.15) is 32.1 Å². The first kappa shape index (κ1) is 16.3. The van der Waals surface area contributed by atoms with Gasteiger partial charge in [0, 0.05) is 5.02 Å². The number of carboxylic acid groups (broad SMARTS) is 1. The predicted molar refractivity (Wildman–Crippen MR) is 92.3 cm³/mol. The van der Waals surface area contributed by atoms with Gasteiger partial charge in [-0.3, -0.25) is 19.5 Å². The second kappa shape index (κ2) is 6.93. The van der Waals surface area contributed by atoms with Gasteiger partial charge in [-0.15, -0.1) is 0 Å². The molecule has 1 N–H and O–H groups in total. The zero-order chi connectivity index (χ0) is 16.4. The molecule has 0 radical (unpaired) electrons. The molecule has 1 saturated heterocycles. The lowest BCUT2D eigenvalue weighted by molar-refractivity contribution is -0.138. The fourth-order valence-electron chi connectivity index (χ4n) is 2.86. The summed E-state index contributed by atoms with van der Waals surface area (Å²) in [5, 5.41) is 9.59. The van der Waals surface area contributed by atoms with E-state index in [4.69, 9.17) is 21.7 Å². The summed E-state index contributed by atoms with van der Waals surface area (Å²) in [6.07, 6.45) is 4.16. The molecule has 1 aliphatic heterocycles. The van der Waals surface area contributed by atoms with Crippen LogP contribution in [0.25, 0.3) is 0 Å². The number of amides is 1. The number of carboxylic acids is 1. The monoisotopic (exact) mass is 352 g/mol. The zero-order valence-corrected chi connectivity index (χ0v) is 14.0. The average molecular weight is 353 g/mol. The molecule has 1 saturated carbocycles. The molecule has 0 bridgehead atoms. The highest BCUT2D eigenvalue weighted by Gasteiger charge is 2.40. The molecular formula is C16H17ClN2O3S. The van der Waals surface area contributed by atoms with Crippen LogP contribution in [0, 0.1) is 0 Å². The lowest BCUT2D eigenvalue weighted by atomic mass is 10.2. The van der Waals surface area contributed by atoms with Crippen molar-refractivity contribution in [2.45, 2.75) is 43.4 Å². The van der Waals surface area contributed by atoms with Crippen LogP contribution in [0.4, 0.5) is 5.69 Å². The van der Waals surface area contributed by atoms with E-state index >= 15 is 0 Å². The van der Waals surface area contributed by atoms with E-state index in [1.54, 1.807) is 24.3 Å². The Labute approximate surface area is 143 Å². The lowest BCUT2D eigenvalue weighted by Crippen LogP contribution is -2.33. The summed E-state index contributed by atoms with van der Waals surface area (Å²) in [6, 6.07) is 7.17. The van der Waals surface area contributed by atoms with E-state index in [1.807, 2.05) is 0 Å². The molecule has 1 amide bonds. The molecule has 1 atom stereocenters. The molecule has 1 aromatic carbocycles. The van der Waals surface area contributed by atoms with Crippen molar-refractivity contribution in [3.8, 4) is 0 Å². The van der Waals surface area contributed by atoms with Gasteiger partial charge in [-0.25, -0.2) is 0 Å². The number of thioether (sulfide) groups is 1. The van der Waals surface area contributed by atoms with E-state index in [0.717, 1.165) is 25.7 Å². The predicted octanol–water partition coefficient (Wildman–Crippen LogP) is 3.56. The van der Waals surface area contributed by atoms with Crippen LogP contribution in [0.3, 0.4) is 0 Å². The van der Waals surface area contributed by atoms with Gasteiger partial charge in [-0.2, -0.15) is 0 Å². The molecule has 2 fully saturated rings. The lowest BCUT2D eigenvalue weighted by Gasteiger charge is -2.17.